The van der Waals surface area contributed by atoms with Crippen LogP contribution in [0.2, 0.25) is 0 Å². The predicted octanol–water partition coefficient (Wildman–Crippen LogP) is 7.44. The minimum absolute atomic E-state index is 0.323. The monoisotopic (exact) mass is 336 g/mol. The van der Waals surface area contributed by atoms with E-state index >= 15 is 0 Å². The number of carboxylic acid groups (broad SMARTS) is 1. The summed E-state index contributed by atoms with van der Waals surface area (Å²) in [6, 6.07) is 0. The summed E-state index contributed by atoms with van der Waals surface area (Å²) in [6.07, 6.45) is 28.2. The molecule has 0 heterocycles. The number of unbranched alkanes of at least 4 members (excludes halogenated alkanes) is 13. The summed E-state index contributed by atoms with van der Waals surface area (Å²) in [6.45, 7) is 2.27. The lowest BCUT2D eigenvalue weighted by Gasteiger charge is -1.99. The van der Waals surface area contributed by atoms with Gasteiger partial charge in [-0.05, 0) is 32.1 Å². The maximum absolute atomic E-state index is 10.4. The average Bonchev–Trinajstić information content (AvgIpc) is 2.56. The Kier molecular flexibility index (Phi) is 19.1. The van der Waals surface area contributed by atoms with Crippen LogP contribution in [0.1, 0.15) is 110 Å². The quantitative estimate of drug-likeness (QED) is 0.208. The minimum atomic E-state index is -0.670. The molecule has 0 aliphatic heterocycles. The second-order valence-corrected chi connectivity index (χ2v) is 6.82. The first-order valence-electron chi connectivity index (χ1n) is 10.3. The van der Waals surface area contributed by atoms with Crippen LogP contribution in [0.25, 0.3) is 0 Å². The summed E-state index contributed by atoms with van der Waals surface area (Å²) in [4.78, 5) is 10.4. The van der Waals surface area contributed by atoms with Crippen LogP contribution >= 0.6 is 0 Å². The fourth-order valence-corrected chi connectivity index (χ4v) is 2.81. The molecular formula is C22H40O2. The Morgan fingerprint density at radius 2 is 1.08 bits per heavy atom. The number of hydrogen-bond acceptors (Lipinski definition) is 1. The molecule has 0 amide bonds. The van der Waals surface area contributed by atoms with E-state index in [2.05, 4.69) is 31.2 Å². The van der Waals surface area contributed by atoms with Gasteiger partial charge in [0.1, 0.15) is 0 Å². The summed E-state index contributed by atoms with van der Waals surface area (Å²) in [5.74, 6) is -0.670. The van der Waals surface area contributed by atoms with Gasteiger partial charge in [-0.3, -0.25) is 4.79 Å². The van der Waals surface area contributed by atoms with E-state index in [1.54, 1.807) is 0 Å². The van der Waals surface area contributed by atoms with Crippen LogP contribution in [0.15, 0.2) is 24.3 Å². The van der Waals surface area contributed by atoms with Gasteiger partial charge >= 0.3 is 5.97 Å². The molecule has 0 aromatic carbocycles. The van der Waals surface area contributed by atoms with Gasteiger partial charge in [-0.15, -0.1) is 0 Å². The summed E-state index contributed by atoms with van der Waals surface area (Å²) in [5, 5.41) is 8.54. The molecule has 2 nitrogen and oxygen atoms in total. The lowest BCUT2D eigenvalue weighted by Crippen LogP contribution is -1.93. The smallest absolute Gasteiger partial charge is 0.303 e. The molecule has 2 heteroatoms. The molecule has 0 unspecified atom stereocenters. The van der Waals surface area contributed by atoms with E-state index < -0.39 is 5.97 Å². The third-order valence-electron chi connectivity index (χ3n) is 4.37. The van der Waals surface area contributed by atoms with Crippen molar-refractivity contribution in [1.82, 2.24) is 0 Å². The molecule has 1 N–H and O–H groups in total. The van der Waals surface area contributed by atoms with Crippen molar-refractivity contribution >= 4 is 5.97 Å². The minimum Gasteiger partial charge on any atom is -0.481 e. The lowest BCUT2D eigenvalue weighted by atomic mass is 10.1. The van der Waals surface area contributed by atoms with E-state index in [1.807, 2.05) is 0 Å². The molecule has 0 aliphatic rings. The largest absolute Gasteiger partial charge is 0.481 e. The Balaban J connectivity index is 3.19. The van der Waals surface area contributed by atoms with Crippen LogP contribution in [-0.4, -0.2) is 11.1 Å². The van der Waals surface area contributed by atoms with Crippen molar-refractivity contribution in [1.29, 1.82) is 0 Å². The molecule has 0 aromatic rings. The fourth-order valence-electron chi connectivity index (χ4n) is 2.81. The van der Waals surface area contributed by atoms with Gasteiger partial charge in [-0.2, -0.15) is 0 Å². The molecule has 0 fully saturated rings. The van der Waals surface area contributed by atoms with Gasteiger partial charge in [0.05, 0.1) is 0 Å². The van der Waals surface area contributed by atoms with Gasteiger partial charge < -0.3 is 5.11 Å². The molecular weight excluding hydrogens is 296 g/mol. The molecule has 140 valence electrons. The molecule has 0 saturated heterocycles. The summed E-state index contributed by atoms with van der Waals surface area (Å²) < 4.78 is 0. The number of aliphatic carboxylic acids is 1. The summed E-state index contributed by atoms with van der Waals surface area (Å²) in [7, 11) is 0. The Labute approximate surface area is 150 Å². The predicted molar refractivity (Wildman–Crippen MR) is 105 cm³/mol. The maximum atomic E-state index is 10.4. The Bertz CT molecular complexity index is 318. The van der Waals surface area contributed by atoms with E-state index in [4.69, 9.17) is 5.11 Å². The Hall–Kier alpha value is -1.05. The zero-order valence-corrected chi connectivity index (χ0v) is 16.0. The third-order valence-corrected chi connectivity index (χ3v) is 4.37. The number of hydrogen-bond donors (Lipinski definition) is 1. The van der Waals surface area contributed by atoms with E-state index in [0.29, 0.717) is 6.42 Å². The van der Waals surface area contributed by atoms with Crippen molar-refractivity contribution in [2.45, 2.75) is 110 Å². The molecule has 0 saturated carbocycles. The second-order valence-electron chi connectivity index (χ2n) is 6.82. The van der Waals surface area contributed by atoms with Gasteiger partial charge in [0.15, 0.2) is 0 Å². The van der Waals surface area contributed by atoms with Crippen LogP contribution in [-0.2, 0) is 4.79 Å². The van der Waals surface area contributed by atoms with Crippen molar-refractivity contribution in [3.8, 4) is 0 Å². The van der Waals surface area contributed by atoms with E-state index in [0.717, 1.165) is 25.7 Å². The topological polar surface area (TPSA) is 37.3 Å². The first-order chi connectivity index (χ1) is 11.8. The van der Waals surface area contributed by atoms with Crippen LogP contribution in [0.5, 0.6) is 0 Å². The van der Waals surface area contributed by atoms with Crippen molar-refractivity contribution in [3.05, 3.63) is 24.3 Å². The Morgan fingerprint density at radius 3 is 1.54 bits per heavy atom. The van der Waals surface area contributed by atoms with Gasteiger partial charge in [0.2, 0.25) is 0 Å². The average molecular weight is 337 g/mol. The molecule has 0 bridgehead atoms. The number of allylic oxidation sites excluding steroid dienone is 4. The number of rotatable bonds is 18. The van der Waals surface area contributed by atoms with E-state index in [9.17, 15) is 4.79 Å². The molecule has 0 rings (SSSR count). The zero-order valence-electron chi connectivity index (χ0n) is 16.0. The summed E-state index contributed by atoms with van der Waals surface area (Å²) >= 11 is 0. The van der Waals surface area contributed by atoms with Crippen LogP contribution in [0, 0.1) is 0 Å². The number of carbonyl (C=O) groups is 1. The second kappa shape index (κ2) is 20.0. The SMILES string of the molecule is CCCCCCCCCCC=CC=CCCCCCCCC(=O)O. The first kappa shape index (κ1) is 22.9. The zero-order chi connectivity index (χ0) is 17.7. The molecule has 0 aliphatic carbocycles. The van der Waals surface area contributed by atoms with Gasteiger partial charge in [0.25, 0.3) is 0 Å². The highest BCUT2D eigenvalue weighted by Crippen LogP contribution is 2.10. The summed E-state index contributed by atoms with van der Waals surface area (Å²) in [5.41, 5.74) is 0. The van der Waals surface area contributed by atoms with Crippen LogP contribution in [0.3, 0.4) is 0 Å². The van der Waals surface area contributed by atoms with Crippen molar-refractivity contribution in [2.75, 3.05) is 0 Å². The van der Waals surface area contributed by atoms with Gasteiger partial charge in [-0.1, -0.05) is 95.4 Å². The Morgan fingerprint density at radius 1 is 0.667 bits per heavy atom. The van der Waals surface area contributed by atoms with Crippen LogP contribution in [0.4, 0.5) is 0 Å². The van der Waals surface area contributed by atoms with Crippen molar-refractivity contribution in [3.63, 3.8) is 0 Å². The van der Waals surface area contributed by atoms with Gasteiger partial charge in [-0.25, -0.2) is 0 Å². The van der Waals surface area contributed by atoms with Crippen molar-refractivity contribution < 1.29 is 9.90 Å². The lowest BCUT2D eigenvalue weighted by molar-refractivity contribution is -0.137. The normalized spacial score (nSPS) is 11.7. The van der Waals surface area contributed by atoms with Crippen molar-refractivity contribution in [2.24, 2.45) is 0 Å². The fraction of sp³-hybridized carbons (Fsp3) is 0.773. The highest BCUT2D eigenvalue weighted by molar-refractivity contribution is 5.66. The first-order valence-corrected chi connectivity index (χ1v) is 10.3. The number of carboxylic acids is 1. The third kappa shape index (κ3) is 20.9. The molecule has 24 heavy (non-hydrogen) atoms. The highest BCUT2D eigenvalue weighted by Gasteiger charge is 1.95. The standard InChI is InChI=1S/C22H40O2/c1-2-3-4-5-6-7-8-9-10-11-12-13-14-15-16-17-18-19-20-21-22(23)24/h11-14H,2-10,15-21H2,1H3,(H,23,24). The van der Waals surface area contributed by atoms with Crippen LogP contribution < -0.4 is 0 Å². The highest BCUT2D eigenvalue weighted by atomic mass is 16.4. The molecule has 0 radical (unpaired) electrons. The van der Waals surface area contributed by atoms with Gasteiger partial charge in [0, 0.05) is 6.42 Å². The molecule has 0 atom stereocenters. The molecule has 0 spiro atoms. The van der Waals surface area contributed by atoms with E-state index in [-0.39, 0.29) is 0 Å². The van der Waals surface area contributed by atoms with E-state index in [1.165, 1.54) is 70.6 Å². The molecule has 0 aromatic heterocycles. The maximum Gasteiger partial charge on any atom is 0.303 e.